The predicted octanol–water partition coefficient (Wildman–Crippen LogP) is 4.32. The number of anilines is 1. The number of fused-ring (bicyclic) bond motifs is 1. The molecule has 0 unspecified atom stereocenters. The van der Waals surface area contributed by atoms with Gasteiger partial charge >= 0.3 is 0 Å². The summed E-state index contributed by atoms with van der Waals surface area (Å²) in [5, 5.41) is 12.6. The molecule has 0 aliphatic heterocycles. The molecule has 2 aromatic carbocycles. The van der Waals surface area contributed by atoms with Crippen LogP contribution >= 0.6 is 23.2 Å². The van der Waals surface area contributed by atoms with Crippen LogP contribution in [0.15, 0.2) is 36.4 Å². The molecule has 23 heavy (non-hydrogen) atoms. The Morgan fingerprint density at radius 3 is 2.48 bits per heavy atom. The fourth-order valence-electron chi connectivity index (χ4n) is 2.00. The highest BCUT2D eigenvalue weighted by atomic mass is 35.5. The van der Waals surface area contributed by atoms with Gasteiger partial charge in [0.1, 0.15) is 11.0 Å². The molecule has 0 spiro atoms. The van der Waals surface area contributed by atoms with Crippen LogP contribution < -0.4 is 5.32 Å². The Labute approximate surface area is 143 Å². The standard InChI is InChI=1S/C16H14Cl2N4O/c1-9(2)16(23)19-10-3-6-14-15(7-10)21-22(20-14)11-4-5-12(17)13(18)8-11/h3-9H,1-2H3,(H,19,23). The summed E-state index contributed by atoms with van der Waals surface area (Å²) in [5.74, 6) is -0.126. The molecular formula is C16H14Cl2N4O. The fourth-order valence-corrected chi connectivity index (χ4v) is 2.30. The van der Waals surface area contributed by atoms with Gasteiger partial charge in [0, 0.05) is 11.6 Å². The lowest BCUT2D eigenvalue weighted by atomic mass is 10.2. The van der Waals surface area contributed by atoms with Crippen LogP contribution in [0.4, 0.5) is 5.69 Å². The van der Waals surface area contributed by atoms with Gasteiger partial charge in [-0.15, -0.1) is 10.2 Å². The second-order valence-electron chi connectivity index (χ2n) is 5.44. The third kappa shape index (κ3) is 3.30. The molecule has 7 heteroatoms. The van der Waals surface area contributed by atoms with E-state index in [2.05, 4.69) is 15.5 Å². The van der Waals surface area contributed by atoms with Crippen LogP contribution in [0.3, 0.4) is 0 Å². The molecule has 0 atom stereocenters. The summed E-state index contributed by atoms with van der Waals surface area (Å²) >= 11 is 11.9. The van der Waals surface area contributed by atoms with Crippen LogP contribution in [-0.4, -0.2) is 20.9 Å². The van der Waals surface area contributed by atoms with Gasteiger partial charge in [-0.3, -0.25) is 4.79 Å². The summed E-state index contributed by atoms with van der Waals surface area (Å²) in [6, 6.07) is 10.6. The van der Waals surface area contributed by atoms with Gasteiger partial charge in [0.2, 0.25) is 5.91 Å². The van der Waals surface area contributed by atoms with Gasteiger partial charge in [-0.05, 0) is 36.4 Å². The maximum absolute atomic E-state index is 11.8. The Hall–Kier alpha value is -2.11. The van der Waals surface area contributed by atoms with Crippen molar-refractivity contribution >= 4 is 45.8 Å². The number of benzene rings is 2. The Kier molecular flexibility index (Phi) is 4.24. The number of aromatic nitrogens is 3. The SMILES string of the molecule is CC(C)C(=O)Nc1ccc2nn(-c3ccc(Cl)c(Cl)c3)nc2c1. The maximum atomic E-state index is 11.8. The third-order valence-corrected chi connectivity index (χ3v) is 4.05. The second-order valence-corrected chi connectivity index (χ2v) is 6.25. The van der Waals surface area contributed by atoms with Gasteiger partial charge in [0.15, 0.2) is 0 Å². The van der Waals surface area contributed by atoms with Crippen molar-refractivity contribution in [3.05, 3.63) is 46.4 Å². The average molecular weight is 349 g/mol. The van der Waals surface area contributed by atoms with Crippen LogP contribution in [0.1, 0.15) is 13.8 Å². The van der Waals surface area contributed by atoms with Gasteiger partial charge in [-0.1, -0.05) is 37.0 Å². The first kappa shape index (κ1) is 15.8. The Morgan fingerprint density at radius 1 is 1.04 bits per heavy atom. The molecule has 0 saturated heterocycles. The molecule has 0 fully saturated rings. The number of nitrogens with zero attached hydrogens (tertiary/aromatic N) is 3. The van der Waals surface area contributed by atoms with Crippen LogP contribution in [0, 0.1) is 5.92 Å². The van der Waals surface area contributed by atoms with E-state index in [4.69, 9.17) is 23.2 Å². The largest absolute Gasteiger partial charge is 0.326 e. The minimum Gasteiger partial charge on any atom is -0.326 e. The summed E-state index contributed by atoms with van der Waals surface area (Å²) < 4.78 is 0. The summed E-state index contributed by atoms with van der Waals surface area (Å²) in [6.07, 6.45) is 0. The van der Waals surface area contributed by atoms with Crippen molar-refractivity contribution in [1.82, 2.24) is 15.0 Å². The van der Waals surface area contributed by atoms with Crippen molar-refractivity contribution in [2.45, 2.75) is 13.8 Å². The van der Waals surface area contributed by atoms with E-state index in [0.717, 1.165) is 5.52 Å². The number of nitrogens with one attached hydrogen (secondary N) is 1. The van der Waals surface area contributed by atoms with Gasteiger partial charge in [0.25, 0.3) is 0 Å². The third-order valence-electron chi connectivity index (χ3n) is 3.31. The van der Waals surface area contributed by atoms with E-state index in [-0.39, 0.29) is 11.8 Å². The molecule has 1 N–H and O–H groups in total. The van der Waals surface area contributed by atoms with E-state index in [1.807, 2.05) is 19.9 Å². The van der Waals surface area contributed by atoms with Gasteiger partial charge in [-0.25, -0.2) is 0 Å². The van der Waals surface area contributed by atoms with Crippen molar-refractivity contribution in [2.24, 2.45) is 5.92 Å². The smallest absolute Gasteiger partial charge is 0.226 e. The first-order valence-electron chi connectivity index (χ1n) is 7.07. The number of carbonyl (C=O) groups is 1. The van der Waals surface area contributed by atoms with E-state index in [9.17, 15) is 4.79 Å². The molecule has 0 aliphatic carbocycles. The molecule has 1 heterocycles. The number of carbonyl (C=O) groups excluding carboxylic acids is 1. The number of hydrogen-bond acceptors (Lipinski definition) is 3. The van der Waals surface area contributed by atoms with E-state index >= 15 is 0 Å². The van der Waals surface area contributed by atoms with Crippen molar-refractivity contribution in [1.29, 1.82) is 0 Å². The first-order chi connectivity index (χ1) is 10.9. The van der Waals surface area contributed by atoms with Crippen LogP contribution in [0.25, 0.3) is 16.7 Å². The maximum Gasteiger partial charge on any atom is 0.226 e. The van der Waals surface area contributed by atoms with Crippen molar-refractivity contribution in [3.63, 3.8) is 0 Å². The lowest BCUT2D eigenvalue weighted by Crippen LogP contribution is -2.17. The Morgan fingerprint density at radius 2 is 1.78 bits per heavy atom. The van der Waals surface area contributed by atoms with E-state index in [1.54, 1.807) is 30.3 Å². The zero-order valence-electron chi connectivity index (χ0n) is 12.5. The molecule has 1 aromatic heterocycles. The zero-order chi connectivity index (χ0) is 16.6. The van der Waals surface area contributed by atoms with Crippen LogP contribution in [0.2, 0.25) is 10.0 Å². The summed E-state index contributed by atoms with van der Waals surface area (Å²) in [5.41, 5.74) is 2.80. The molecule has 1 amide bonds. The van der Waals surface area contributed by atoms with Crippen molar-refractivity contribution < 1.29 is 4.79 Å². The Balaban J connectivity index is 1.95. The average Bonchev–Trinajstić information content (AvgIpc) is 2.93. The zero-order valence-corrected chi connectivity index (χ0v) is 14.1. The quantitative estimate of drug-likeness (QED) is 0.766. The van der Waals surface area contributed by atoms with Gasteiger partial charge in [0.05, 0.1) is 15.7 Å². The normalized spacial score (nSPS) is 11.2. The van der Waals surface area contributed by atoms with Crippen LogP contribution in [0.5, 0.6) is 0 Å². The minimum absolute atomic E-state index is 0.0405. The molecule has 3 rings (SSSR count). The topological polar surface area (TPSA) is 59.8 Å². The van der Waals surface area contributed by atoms with Gasteiger partial charge in [-0.2, -0.15) is 4.80 Å². The molecule has 3 aromatic rings. The summed E-state index contributed by atoms with van der Waals surface area (Å²) in [6.45, 7) is 3.68. The monoisotopic (exact) mass is 348 g/mol. The Bertz CT molecular complexity index is 889. The van der Waals surface area contributed by atoms with E-state index in [0.29, 0.717) is 26.9 Å². The molecule has 0 bridgehead atoms. The van der Waals surface area contributed by atoms with Gasteiger partial charge < -0.3 is 5.32 Å². The van der Waals surface area contributed by atoms with E-state index < -0.39 is 0 Å². The predicted molar refractivity (Wildman–Crippen MR) is 92.4 cm³/mol. The summed E-state index contributed by atoms with van der Waals surface area (Å²) in [7, 11) is 0. The highest BCUT2D eigenvalue weighted by Gasteiger charge is 2.10. The number of hydrogen-bond donors (Lipinski definition) is 1. The lowest BCUT2D eigenvalue weighted by Gasteiger charge is -2.06. The number of amides is 1. The summed E-state index contributed by atoms with van der Waals surface area (Å²) in [4.78, 5) is 13.3. The highest BCUT2D eigenvalue weighted by Crippen LogP contribution is 2.25. The highest BCUT2D eigenvalue weighted by molar-refractivity contribution is 6.42. The van der Waals surface area contributed by atoms with Crippen LogP contribution in [-0.2, 0) is 4.79 Å². The fraction of sp³-hybridized carbons (Fsp3) is 0.188. The molecule has 0 aliphatic rings. The molecule has 118 valence electrons. The van der Waals surface area contributed by atoms with Crippen molar-refractivity contribution in [3.8, 4) is 5.69 Å². The second kappa shape index (κ2) is 6.18. The minimum atomic E-state index is -0.0856. The van der Waals surface area contributed by atoms with E-state index in [1.165, 1.54) is 4.80 Å². The molecular weight excluding hydrogens is 335 g/mol. The molecule has 0 radical (unpaired) electrons. The number of rotatable bonds is 3. The van der Waals surface area contributed by atoms with Crippen molar-refractivity contribution in [2.75, 3.05) is 5.32 Å². The molecule has 5 nitrogen and oxygen atoms in total. The lowest BCUT2D eigenvalue weighted by molar-refractivity contribution is -0.118. The number of halogens is 2. The molecule has 0 saturated carbocycles. The first-order valence-corrected chi connectivity index (χ1v) is 7.83.